The van der Waals surface area contributed by atoms with Crippen LogP contribution in [0.1, 0.15) is 10.5 Å². The van der Waals surface area contributed by atoms with E-state index in [2.05, 4.69) is 20.0 Å². The number of fused-ring (bicyclic) bond motifs is 1. The van der Waals surface area contributed by atoms with Gasteiger partial charge in [-0.15, -0.1) is 0 Å². The minimum atomic E-state index is -4.00. The summed E-state index contributed by atoms with van der Waals surface area (Å²) in [5.74, 6) is -1.44. The van der Waals surface area contributed by atoms with Crippen molar-refractivity contribution in [1.29, 1.82) is 0 Å². The predicted octanol–water partition coefficient (Wildman–Crippen LogP) is 3.92. The van der Waals surface area contributed by atoms with Crippen molar-refractivity contribution in [2.45, 2.75) is 11.5 Å². The Morgan fingerprint density at radius 3 is 2.24 bits per heavy atom. The number of nitrogens with two attached hydrogens (primary N) is 1. The third-order valence-corrected chi connectivity index (χ3v) is 5.36. The first-order valence-electron chi connectivity index (χ1n) is 9.63. The van der Waals surface area contributed by atoms with Crippen molar-refractivity contribution in [1.82, 2.24) is 9.97 Å². The number of hydrogen-bond acceptors (Lipinski definition) is 7. The predicted molar refractivity (Wildman–Crippen MR) is 118 cm³/mol. The molecule has 0 saturated carbocycles. The van der Waals surface area contributed by atoms with Gasteiger partial charge in [0.1, 0.15) is 0 Å². The lowest BCUT2D eigenvalue weighted by Gasteiger charge is -2.14. The van der Waals surface area contributed by atoms with Crippen LogP contribution in [0.3, 0.4) is 0 Å². The van der Waals surface area contributed by atoms with Gasteiger partial charge in [0, 0.05) is 5.69 Å². The first-order chi connectivity index (χ1) is 16.2. The highest BCUT2D eigenvalue weighted by molar-refractivity contribution is 7.89. The summed E-state index contributed by atoms with van der Waals surface area (Å²) in [6.45, 7) is -3.10. The van der Waals surface area contributed by atoms with Crippen molar-refractivity contribution in [2.24, 2.45) is 5.14 Å². The number of nitrogens with zero attached hydrogens (tertiary/aromatic N) is 2. The topological polar surface area (TPSA) is 134 Å². The van der Waals surface area contributed by atoms with E-state index in [4.69, 9.17) is 9.88 Å². The Morgan fingerprint density at radius 2 is 1.56 bits per heavy atom. The number of carbonyl (C=O) groups excluding carboxylic acids is 1. The summed E-state index contributed by atoms with van der Waals surface area (Å²) in [7, 11) is -4.00. The Hall–Kier alpha value is -4.16. The van der Waals surface area contributed by atoms with Crippen LogP contribution >= 0.6 is 0 Å². The van der Waals surface area contributed by atoms with Gasteiger partial charge >= 0.3 is 6.61 Å². The van der Waals surface area contributed by atoms with E-state index in [0.29, 0.717) is 11.0 Å². The van der Waals surface area contributed by atoms with E-state index in [9.17, 15) is 22.0 Å². The highest BCUT2D eigenvalue weighted by atomic mass is 32.2. The number of anilines is 1. The molecule has 0 aliphatic heterocycles. The molecule has 3 N–H and O–H groups in total. The lowest BCUT2D eigenvalue weighted by molar-refractivity contribution is -0.0510. The third-order valence-electron chi connectivity index (χ3n) is 4.45. The van der Waals surface area contributed by atoms with Crippen LogP contribution in [0.4, 0.5) is 14.5 Å². The fraction of sp³-hybridized carbons (Fsp3) is 0.0455. The maximum absolute atomic E-state index is 13.1. The molecule has 1 aromatic heterocycles. The van der Waals surface area contributed by atoms with E-state index in [0.717, 1.165) is 0 Å². The number of primary sulfonamides is 1. The molecule has 3 aromatic carbocycles. The van der Waals surface area contributed by atoms with Crippen LogP contribution < -0.4 is 19.9 Å². The number of aromatic nitrogens is 2. The quantitative estimate of drug-likeness (QED) is 0.404. The number of rotatable bonds is 7. The molecule has 0 unspecified atom stereocenters. The minimum Gasteiger partial charge on any atom is -0.433 e. The summed E-state index contributed by atoms with van der Waals surface area (Å²) in [5, 5.41) is 7.66. The standard InChI is InChI=1S/C22H16F2N4O5S/c23-22(24)33-18-11-4-3-10-17(18)32-21-19(27-15-8-1-2-9-16(15)28-21)20(29)26-13-6-5-7-14(12-13)34(25,30)31/h1-12,22H,(H,26,29)(H2,25,30,31). The van der Waals surface area contributed by atoms with E-state index < -0.39 is 22.5 Å². The zero-order valence-corrected chi connectivity index (χ0v) is 18.0. The van der Waals surface area contributed by atoms with Crippen LogP contribution in [-0.2, 0) is 10.0 Å². The fourth-order valence-corrected chi connectivity index (χ4v) is 3.54. The van der Waals surface area contributed by atoms with Crippen molar-refractivity contribution in [3.63, 3.8) is 0 Å². The van der Waals surface area contributed by atoms with Crippen molar-refractivity contribution < 1.29 is 31.5 Å². The summed E-state index contributed by atoms with van der Waals surface area (Å²) in [5.41, 5.74) is 0.610. The van der Waals surface area contributed by atoms with E-state index in [1.807, 2.05) is 0 Å². The van der Waals surface area contributed by atoms with Crippen LogP contribution in [-0.4, -0.2) is 30.9 Å². The average Bonchev–Trinajstić information content (AvgIpc) is 2.79. The van der Waals surface area contributed by atoms with Crippen molar-refractivity contribution in [3.8, 4) is 17.4 Å². The SMILES string of the molecule is NS(=O)(=O)c1cccc(NC(=O)c2nc3ccccc3nc2Oc2ccccc2OC(F)F)c1. The average molecular weight is 486 g/mol. The molecule has 34 heavy (non-hydrogen) atoms. The number of ether oxygens (including phenoxy) is 2. The van der Waals surface area contributed by atoms with Gasteiger partial charge in [-0.1, -0.05) is 30.3 Å². The molecule has 0 fully saturated rings. The zero-order valence-electron chi connectivity index (χ0n) is 17.2. The van der Waals surface area contributed by atoms with Gasteiger partial charge in [0.2, 0.25) is 10.0 Å². The van der Waals surface area contributed by atoms with Gasteiger partial charge in [0.05, 0.1) is 15.9 Å². The molecule has 4 rings (SSSR count). The number of amides is 1. The van der Waals surface area contributed by atoms with Crippen LogP contribution in [0, 0.1) is 0 Å². The van der Waals surface area contributed by atoms with Gasteiger partial charge in [-0.25, -0.2) is 23.5 Å². The molecule has 0 saturated heterocycles. The smallest absolute Gasteiger partial charge is 0.387 e. The van der Waals surface area contributed by atoms with Crippen LogP contribution in [0.15, 0.2) is 77.7 Å². The van der Waals surface area contributed by atoms with Crippen molar-refractivity contribution in [3.05, 3.63) is 78.5 Å². The van der Waals surface area contributed by atoms with Crippen LogP contribution in [0.5, 0.6) is 17.4 Å². The van der Waals surface area contributed by atoms with Gasteiger partial charge < -0.3 is 14.8 Å². The molecule has 0 atom stereocenters. The van der Waals surface area contributed by atoms with Gasteiger partial charge in [-0.05, 0) is 42.5 Å². The number of nitrogens with one attached hydrogen (secondary N) is 1. The second kappa shape index (κ2) is 9.37. The number of benzene rings is 3. The molecular formula is C22H16F2N4O5S. The number of halogens is 2. The Bertz CT molecular complexity index is 1480. The maximum Gasteiger partial charge on any atom is 0.387 e. The molecule has 1 heterocycles. The Morgan fingerprint density at radius 1 is 0.912 bits per heavy atom. The van der Waals surface area contributed by atoms with Crippen LogP contribution in [0.2, 0.25) is 0 Å². The molecule has 174 valence electrons. The number of hydrogen-bond donors (Lipinski definition) is 2. The van der Waals surface area contributed by atoms with E-state index in [-0.39, 0.29) is 33.7 Å². The summed E-state index contributed by atoms with van der Waals surface area (Å²) in [6, 6.07) is 17.6. The molecule has 0 aliphatic carbocycles. The number of sulfonamides is 1. The highest BCUT2D eigenvalue weighted by Crippen LogP contribution is 2.33. The number of para-hydroxylation sites is 4. The zero-order chi connectivity index (χ0) is 24.3. The minimum absolute atomic E-state index is 0.113. The summed E-state index contributed by atoms with van der Waals surface area (Å²) in [6.07, 6.45) is 0. The molecular weight excluding hydrogens is 470 g/mol. The molecule has 9 nitrogen and oxygen atoms in total. The lowest BCUT2D eigenvalue weighted by Crippen LogP contribution is -2.17. The number of alkyl halides is 2. The van der Waals surface area contributed by atoms with Gasteiger partial charge in [0.15, 0.2) is 17.2 Å². The second-order valence-corrected chi connectivity index (χ2v) is 8.38. The number of carbonyl (C=O) groups is 1. The highest BCUT2D eigenvalue weighted by Gasteiger charge is 2.21. The van der Waals surface area contributed by atoms with E-state index >= 15 is 0 Å². The van der Waals surface area contributed by atoms with E-state index in [1.54, 1.807) is 24.3 Å². The molecule has 12 heteroatoms. The van der Waals surface area contributed by atoms with Crippen molar-refractivity contribution >= 4 is 32.7 Å². The molecule has 4 aromatic rings. The lowest BCUT2D eigenvalue weighted by atomic mass is 10.2. The van der Waals surface area contributed by atoms with E-state index in [1.165, 1.54) is 48.5 Å². The first-order valence-corrected chi connectivity index (χ1v) is 11.2. The largest absolute Gasteiger partial charge is 0.433 e. The Balaban J connectivity index is 1.74. The summed E-state index contributed by atoms with van der Waals surface area (Å²) in [4.78, 5) is 21.5. The fourth-order valence-electron chi connectivity index (χ4n) is 2.98. The molecule has 0 aliphatic rings. The monoisotopic (exact) mass is 486 g/mol. The second-order valence-electron chi connectivity index (χ2n) is 6.82. The first kappa shape index (κ1) is 23.0. The Kier molecular flexibility index (Phi) is 6.34. The molecule has 1 amide bonds. The maximum atomic E-state index is 13.1. The third kappa shape index (κ3) is 5.24. The molecule has 0 radical (unpaired) electrons. The van der Waals surface area contributed by atoms with Crippen LogP contribution in [0.25, 0.3) is 11.0 Å². The van der Waals surface area contributed by atoms with Gasteiger partial charge in [-0.3, -0.25) is 4.79 Å². The Labute approximate surface area is 192 Å². The van der Waals surface area contributed by atoms with Gasteiger partial charge in [-0.2, -0.15) is 8.78 Å². The molecule has 0 bridgehead atoms. The van der Waals surface area contributed by atoms with Gasteiger partial charge in [0.25, 0.3) is 11.8 Å². The molecule has 0 spiro atoms. The normalized spacial score (nSPS) is 11.4. The summed E-state index contributed by atoms with van der Waals surface area (Å²) < 4.78 is 59.0. The van der Waals surface area contributed by atoms with Crippen molar-refractivity contribution in [2.75, 3.05) is 5.32 Å². The summed E-state index contributed by atoms with van der Waals surface area (Å²) >= 11 is 0.